The Balaban J connectivity index is 2.29. The number of nitrogens with one attached hydrogen (secondary N) is 1. The van der Waals surface area contributed by atoms with Gasteiger partial charge in [0.15, 0.2) is 0 Å². The number of aryl methyl sites for hydroxylation is 1. The summed E-state index contributed by atoms with van der Waals surface area (Å²) < 4.78 is 21.0. The molecule has 0 aromatic carbocycles. The lowest BCUT2D eigenvalue weighted by Crippen LogP contribution is -2.16. The van der Waals surface area contributed by atoms with Gasteiger partial charge in [0.05, 0.1) is 11.9 Å². The van der Waals surface area contributed by atoms with Crippen LogP contribution in [0.25, 0.3) is 0 Å². The Hall–Kier alpha value is -0.880. The van der Waals surface area contributed by atoms with E-state index in [9.17, 15) is 8.42 Å². The molecule has 1 aromatic heterocycles. The highest BCUT2D eigenvalue weighted by Gasteiger charge is 2.02. The van der Waals surface area contributed by atoms with Crippen molar-refractivity contribution in [2.24, 2.45) is 5.14 Å². The monoisotopic (exact) mass is 189 g/mol. The van der Waals surface area contributed by atoms with Crippen LogP contribution in [0, 0.1) is 0 Å². The zero-order valence-corrected chi connectivity index (χ0v) is 7.34. The van der Waals surface area contributed by atoms with E-state index in [4.69, 9.17) is 5.14 Å². The lowest BCUT2D eigenvalue weighted by atomic mass is 10.2. The van der Waals surface area contributed by atoms with Crippen LogP contribution in [0.3, 0.4) is 0 Å². The van der Waals surface area contributed by atoms with Crippen LogP contribution in [0.15, 0.2) is 12.4 Å². The maximum absolute atomic E-state index is 10.5. The van der Waals surface area contributed by atoms with Crippen LogP contribution < -0.4 is 5.14 Å². The van der Waals surface area contributed by atoms with Crippen molar-refractivity contribution >= 4 is 10.0 Å². The van der Waals surface area contributed by atoms with E-state index in [0.717, 1.165) is 5.56 Å². The van der Waals surface area contributed by atoms with Gasteiger partial charge >= 0.3 is 0 Å². The van der Waals surface area contributed by atoms with E-state index in [2.05, 4.69) is 10.2 Å². The van der Waals surface area contributed by atoms with Crippen molar-refractivity contribution in [2.45, 2.75) is 12.8 Å². The molecule has 0 aliphatic rings. The maximum Gasteiger partial charge on any atom is 0.209 e. The SMILES string of the molecule is NS(=O)(=O)CCCc1cn[nH]c1. The highest BCUT2D eigenvalue weighted by molar-refractivity contribution is 7.89. The molecule has 6 heteroatoms. The first-order chi connectivity index (χ1) is 5.58. The van der Waals surface area contributed by atoms with Crippen molar-refractivity contribution < 1.29 is 8.42 Å². The molecule has 5 nitrogen and oxygen atoms in total. The summed E-state index contributed by atoms with van der Waals surface area (Å²) in [5, 5.41) is 11.2. The first-order valence-corrected chi connectivity index (χ1v) is 5.27. The van der Waals surface area contributed by atoms with E-state index in [0.29, 0.717) is 12.8 Å². The Morgan fingerprint density at radius 1 is 1.58 bits per heavy atom. The second-order valence-corrected chi connectivity index (χ2v) is 4.31. The molecule has 0 fully saturated rings. The maximum atomic E-state index is 10.5. The highest BCUT2D eigenvalue weighted by atomic mass is 32.2. The number of H-pyrrole nitrogens is 1. The Morgan fingerprint density at radius 3 is 2.83 bits per heavy atom. The molecular formula is C6H11N3O2S. The summed E-state index contributed by atoms with van der Waals surface area (Å²) in [5.74, 6) is 0.0260. The van der Waals surface area contributed by atoms with E-state index in [1.165, 1.54) is 0 Å². The third kappa shape index (κ3) is 3.49. The van der Waals surface area contributed by atoms with Crippen LogP contribution in [0.4, 0.5) is 0 Å². The summed E-state index contributed by atoms with van der Waals surface area (Å²) >= 11 is 0. The van der Waals surface area contributed by atoms with E-state index >= 15 is 0 Å². The smallest absolute Gasteiger partial charge is 0.209 e. The van der Waals surface area contributed by atoms with Crippen molar-refractivity contribution in [3.8, 4) is 0 Å². The van der Waals surface area contributed by atoms with Gasteiger partial charge in [-0.05, 0) is 18.4 Å². The summed E-state index contributed by atoms with van der Waals surface area (Å²) in [6.45, 7) is 0. The number of hydrogen-bond donors (Lipinski definition) is 2. The number of rotatable bonds is 4. The Labute approximate surface area is 71.0 Å². The average Bonchev–Trinajstić information content (AvgIpc) is 2.36. The molecule has 0 radical (unpaired) electrons. The minimum atomic E-state index is -3.31. The van der Waals surface area contributed by atoms with Crippen LogP contribution in [-0.2, 0) is 16.4 Å². The summed E-state index contributed by atoms with van der Waals surface area (Å²) in [6.07, 6.45) is 4.64. The van der Waals surface area contributed by atoms with Crippen LogP contribution >= 0.6 is 0 Å². The van der Waals surface area contributed by atoms with Crippen LogP contribution in [0.1, 0.15) is 12.0 Å². The molecule has 0 saturated carbocycles. The highest BCUT2D eigenvalue weighted by Crippen LogP contribution is 1.99. The van der Waals surface area contributed by atoms with Crippen molar-refractivity contribution in [3.63, 3.8) is 0 Å². The third-order valence-electron chi connectivity index (χ3n) is 1.45. The van der Waals surface area contributed by atoms with Gasteiger partial charge < -0.3 is 0 Å². The molecule has 1 rings (SSSR count). The minimum Gasteiger partial charge on any atom is -0.285 e. The second-order valence-electron chi connectivity index (χ2n) is 2.58. The molecule has 0 atom stereocenters. The number of nitrogens with zero attached hydrogens (tertiary/aromatic N) is 1. The summed E-state index contributed by atoms with van der Waals surface area (Å²) in [4.78, 5) is 0. The molecule has 68 valence electrons. The molecule has 0 amide bonds. The van der Waals surface area contributed by atoms with Gasteiger partial charge in [-0.3, -0.25) is 5.10 Å². The fraction of sp³-hybridized carbons (Fsp3) is 0.500. The van der Waals surface area contributed by atoms with Gasteiger partial charge in [-0.15, -0.1) is 0 Å². The van der Waals surface area contributed by atoms with Gasteiger partial charge in [-0.25, -0.2) is 13.6 Å². The lowest BCUT2D eigenvalue weighted by molar-refractivity contribution is 0.595. The van der Waals surface area contributed by atoms with Crippen LogP contribution in [-0.4, -0.2) is 24.4 Å². The number of aromatic amines is 1. The Bertz CT molecular complexity index is 317. The van der Waals surface area contributed by atoms with Crippen molar-refractivity contribution in [2.75, 3.05) is 5.75 Å². The molecule has 3 N–H and O–H groups in total. The molecule has 0 bridgehead atoms. The lowest BCUT2D eigenvalue weighted by Gasteiger charge is -1.95. The predicted octanol–water partition coefficient (Wildman–Crippen LogP) is -0.369. The standard InChI is InChI=1S/C6H11N3O2S/c7-12(10,11)3-1-2-6-4-8-9-5-6/h4-5H,1-3H2,(H,8,9)(H2,7,10,11). The van der Waals surface area contributed by atoms with E-state index < -0.39 is 10.0 Å². The van der Waals surface area contributed by atoms with Gasteiger partial charge in [-0.2, -0.15) is 5.10 Å². The normalized spacial score (nSPS) is 11.8. The molecule has 0 unspecified atom stereocenters. The number of nitrogens with two attached hydrogens (primary N) is 1. The molecule has 0 saturated heterocycles. The number of sulfonamides is 1. The van der Waals surface area contributed by atoms with Crippen molar-refractivity contribution in [1.29, 1.82) is 0 Å². The van der Waals surface area contributed by atoms with Gasteiger partial charge in [0.25, 0.3) is 0 Å². The number of aromatic nitrogens is 2. The summed E-state index contributed by atoms with van der Waals surface area (Å²) in [7, 11) is -3.31. The van der Waals surface area contributed by atoms with Gasteiger partial charge in [-0.1, -0.05) is 0 Å². The minimum absolute atomic E-state index is 0.0260. The van der Waals surface area contributed by atoms with Gasteiger partial charge in [0, 0.05) is 6.20 Å². The molecule has 1 heterocycles. The number of hydrogen-bond acceptors (Lipinski definition) is 3. The molecule has 0 aliphatic carbocycles. The first-order valence-electron chi connectivity index (χ1n) is 3.56. The zero-order chi connectivity index (χ0) is 9.03. The van der Waals surface area contributed by atoms with E-state index in [-0.39, 0.29) is 5.75 Å². The second kappa shape index (κ2) is 3.68. The molecule has 1 aromatic rings. The Kier molecular flexibility index (Phi) is 2.83. The molecule has 0 spiro atoms. The van der Waals surface area contributed by atoms with Crippen molar-refractivity contribution in [1.82, 2.24) is 10.2 Å². The van der Waals surface area contributed by atoms with Crippen molar-refractivity contribution in [3.05, 3.63) is 18.0 Å². The topological polar surface area (TPSA) is 88.8 Å². The van der Waals surface area contributed by atoms with Gasteiger partial charge in [0.1, 0.15) is 0 Å². The fourth-order valence-electron chi connectivity index (χ4n) is 0.892. The van der Waals surface area contributed by atoms with Gasteiger partial charge in [0.2, 0.25) is 10.0 Å². The first kappa shape index (κ1) is 9.21. The average molecular weight is 189 g/mol. The fourth-order valence-corrected chi connectivity index (χ4v) is 1.44. The Morgan fingerprint density at radius 2 is 2.33 bits per heavy atom. The largest absolute Gasteiger partial charge is 0.285 e. The van der Waals surface area contributed by atoms with Crippen LogP contribution in [0.5, 0.6) is 0 Å². The third-order valence-corrected chi connectivity index (χ3v) is 2.31. The molecule has 0 aliphatic heterocycles. The summed E-state index contributed by atoms with van der Waals surface area (Å²) in [5.41, 5.74) is 0.999. The van der Waals surface area contributed by atoms with E-state index in [1.807, 2.05) is 0 Å². The van der Waals surface area contributed by atoms with E-state index in [1.54, 1.807) is 12.4 Å². The van der Waals surface area contributed by atoms with Crippen LogP contribution in [0.2, 0.25) is 0 Å². The predicted molar refractivity (Wildman–Crippen MR) is 44.9 cm³/mol. The summed E-state index contributed by atoms with van der Waals surface area (Å²) in [6, 6.07) is 0. The molecule has 12 heavy (non-hydrogen) atoms. The zero-order valence-electron chi connectivity index (χ0n) is 6.53. The quantitative estimate of drug-likeness (QED) is 0.677. The number of primary sulfonamides is 1. The molecular weight excluding hydrogens is 178 g/mol.